The van der Waals surface area contributed by atoms with E-state index in [1.54, 1.807) is 4.90 Å². The van der Waals surface area contributed by atoms with Crippen LogP contribution in [0.1, 0.15) is 35.4 Å². The Labute approximate surface area is 238 Å². The van der Waals surface area contributed by atoms with Gasteiger partial charge in [0.25, 0.3) is 5.92 Å². The van der Waals surface area contributed by atoms with Crippen LogP contribution in [-0.4, -0.2) is 58.9 Å². The molecule has 1 saturated heterocycles. The van der Waals surface area contributed by atoms with E-state index in [0.29, 0.717) is 18.5 Å². The van der Waals surface area contributed by atoms with Crippen LogP contribution in [0.4, 0.5) is 8.78 Å². The molecule has 6 rings (SSSR count). The highest BCUT2D eigenvalue weighted by Gasteiger charge is 2.77. The Balaban J connectivity index is 1.60. The van der Waals surface area contributed by atoms with E-state index in [1.807, 2.05) is 54.6 Å². The number of halogens is 4. The fraction of sp³-hybridized carbons (Fsp3) is 0.414. The van der Waals surface area contributed by atoms with Gasteiger partial charge in [-0.25, -0.2) is 13.8 Å². The average Bonchev–Trinajstić information content (AvgIpc) is 3.26. The van der Waals surface area contributed by atoms with Crippen molar-refractivity contribution < 1.29 is 28.5 Å². The minimum absolute atomic E-state index is 0.0370. The van der Waals surface area contributed by atoms with Crippen molar-refractivity contribution in [3.05, 3.63) is 87.0 Å². The maximum atomic E-state index is 14.4. The van der Waals surface area contributed by atoms with Crippen molar-refractivity contribution in [3.8, 4) is 11.6 Å². The van der Waals surface area contributed by atoms with E-state index in [9.17, 15) is 19.0 Å². The Morgan fingerprint density at radius 2 is 1.90 bits per heavy atom. The first-order chi connectivity index (χ1) is 18.6. The zero-order valence-electron chi connectivity index (χ0n) is 21.2. The van der Waals surface area contributed by atoms with Gasteiger partial charge in [-0.3, -0.25) is 4.90 Å². The lowest BCUT2D eigenvalue weighted by atomic mass is 9.71. The van der Waals surface area contributed by atoms with E-state index in [-0.39, 0.29) is 35.3 Å². The number of aliphatic hydroxyl groups is 2. The fourth-order valence-corrected chi connectivity index (χ4v) is 7.39. The Morgan fingerprint density at radius 3 is 2.56 bits per heavy atom. The van der Waals surface area contributed by atoms with Crippen LogP contribution in [0.15, 0.2) is 65.1 Å². The molecule has 2 N–H and O–H groups in total. The summed E-state index contributed by atoms with van der Waals surface area (Å²) in [6, 6.07) is 18.3. The molecule has 3 heterocycles. The van der Waals surface area contributed by atoms with Gasteiger partial charge in [-0.2, -0.15) is 0 Å². The number of ether oxygens (including phenoxy) is 2. The maximum absolute atomic E-state index is 14.4. The second-order valence-corrected chi connectivity index (χ2v) is 11.9. The molecule has 2 aromatic carbocycles. The van der Waals surface area contributed by atoms with Gasteiger partial charge in [0.15, 0.2) is 11.2 Å². The molecule has 5 atom stereocenters. The summed E-state index contributed by atoms with van der Waals surface area (Å²) in [7, 11) is 1.41. The van der Waals surface area contributed by atoms with Crippen molar-refractivity contribution in [3.63, 3.8) is 0 Å². The van der Waals surface area contributed by atoms with Crippen LogP contribution >= 0.6 is 27.5 Å². The van der Waals surface area contributed by atoms with Crippen LogP contribution in [0, 0.1) is 5.92 Å². The number of fused-ring (bicyclic) bond motifs is 3. The van der Waals surface area contributed by atoms with Gasteiger partial charge in [0.2, 0.25) is 5.88 Å². The summed E-state index contributed by atoms with van der Waals surface area (Å²) in [6.07, 6.45) is -1.23. The molecule has 1 saturated carbocycles. The molecule has 10 heteroatoms. The molecule has 2 fully saturated rings. The van der Waals surface area contributed by atoms with Crippen LogP contribution in [0.3, 0.4) is 0 Å². The first-order valence-electron chi connectivity index (χ1n) is 12.9. The van der Waals surface area contributed by atoms with E-state index >= 15 is 0 Å². The predicted octanol–water partition coefficient (Wildman–Crippen LogP) is 5.49. The molecule has 39 heavy (non-hydrogen) atoms. The van der Waals surface area contributed by atoms with E-state index in [0.717, 1.165) is 10.0 Å². The Hall–Kier alpha value is -2.30. The van der Waals surface area contributed by atoms with Gasteiger partial charge in [0.1, 0.15) is 10.9 Å². The van der Waals surface area contributed by atoms with Crippen LogP contribution in [-0.2, 0) is 11.2 Å². The Kier molecular flexibility index (Phi) is 6.66. The van der Waals surface area contributed by atoms with Crippen molar-refractivity contribution in [1.29, 1.82) is 0 Å². The lowest BCUT2D eigenvalue weighted by Gasteiger charge is -2.41. The number of hydrogen-bond donors (Lipinski definition) is 2. The first-order valence-corrected chi connectivity index (χ1v) is 14.0. The summed E-state index contributed by atoms with van der Waals surface area (Å²) < 4.78 is 42.0. The molecule has 6 nitrogen and oxygen atoms in total. The van der Waals surface area contributed by atoms with Crippen LogP contribution in [0.5, 0.6) is 11.6 Å². The van der Waals surface area contributed by atoms with Crippen molar-refractivity contribution in [2.75, 3.05) is 26.7 Å². The fourth-order valence-electron chi connectivity index (χ4n) is 6.95. The highest BCUT2D eigenvalue weighted by Crippen LogP contribution is 2.69. The number of methoxy groups -OCH3 is 1. The Bertz CT molecular complexity index is 1380. The van der Waals surface area contributed by atoms with E-state index < -0.39 is 41.6 Å². The molecule has 1 aromatic heterocycles. The normalized spacial score (nSPS) is 31.4. The van der Waals surface area contributed by atoms with E-state index in [4.69, 9.17) is 21.1 Å². The topological polar surface area (TPSA) is 75.0 Å². The molecule has 2 aliphatic heterocycles. The number of hydrogen-bond acceptors (Lipinski definition) is 6. The van der Waals surface area contributed by atoms with Crippen molar-refractivity contribution in [2.24, 2.45) is 5.92 Å². The van der Waals surface area contributed by atoms with Gasteiger partial charge in [-0.15, -0.1) is 0 Å². The minimum Gasteiger partial charge on any atom is -0.481 e. The third-order valence-corrected chi connectivity index (χ3v) is 9.13. The quantitative estimate of drug-likeness (QED) is 0.368. The summed E-state index contributed by atoms with van der Waals surface area (Å²) >= 11 is 9.78. The highest BCUT2D eigenvalue weighted by atomic mass is 79.9. The molecule has 0 unspecified atom stereocenters. The number of aliphatic hydroxyl groups excluding tert-OH is 1. The first kappa shape index (κ1) is 26.9. The van der Waals surface area contributed by atoms with Crippen molar-refractivity contribution in [2.45, 2.75) is 42.0 Å². The molecule has 3 aromatic rings. The van der Waals surface area contributed by atoms with Crippen LogP contribution in [0.2, 0.25) is 5.15 Å². The molecule has 0 amide bonds. The monoisotopic (exact) mass is 620 g/mol. The predicted molar refractivity (Wildman–Crippen MR) is 145 cm³/mol. The zero-order valence-corrected chi connectivity index (χ0v) is 23.5. The number of pyridine rings is 1. The summed E-state index contributed by atoms with van der Waals surface area (Å²) in [6.45, 7) is 0.209. The standard InChI is InChI=1S/C29H28BrClF2N2O4/c1-38-26-24-21(14-22(31)34-26)39-29(18-8-10-19(30)11-9-18)23(17-6-3-2-4-7-17)20(25(36)28(24,29)37)15-35-13-5-12-27(32,33)16-35/h2-4,6-11,14,20,23,25,36-37H,5,12-13,15-16H2,1H3/t20-,23-,25-,28+,29+/m1/s1. The van der Waals surface area contributed by atoms with Gasteiger partial charge in [-0.05, 0) is 36.2 Å². The second kappa shape index (κ2) is 9.66. The smallest absolute Gasteiger partial charge is 0.260 e. The van der Waals surface area contributed by atoms with Gasteiger partial charge < -0.3 is 19.7 Å². The number of alkyl halides is 2. The summed E-state index contributed by atoms with van der Waals surface area (Å²) in [4.78, 5) is 5.96. The number of rotatable bonds is 5. The largest absolute Gasteiger partial charge is 0.481 e. The summed E-state index contributed by atoms with van der Waals surface area (Å²) in [5.74, 6) is -3.84. The van der Waals surface area contributed by atoms with Gasteiger partial charge in [0, 0.05) is 35.3 Å². The molecular formula is C29H28BrClF2N2O4. The molecule has 1 aliphatic carbocycles. The van der Waals surface area contributed by atoms with Crippen LogP contribution < -0.4 is 9.47 Å². The van der Waals surface area contributed by atoms with Gasteiger partial charge in [-0.1, -0.05) is 70.0 Å². The third-order valence-electron chi connectivity index (χ3n) is 8.40. The van der Waals surface area contributed by atoms with Gasteiger partial charge in [0.05, 0.1) is 25.3 Å². The number of likely N-dealkylation sites (tertiary alicyclic amines) is 1. The van der Waals surface area contributed by atoms with Gasteiger partial charge >= 0.3 is 0 Å². The van der Waals surface area contributed by atoms with E-state index in [2.05, 4.69) is 20.9 Å². The maximum Gasteiger partial charge on any atom is 0.260 e. The molecule has 0 spiro atoms. The number of piperidine rings is 1. The SMILES string of the molecule is COc1nc(Cl)cc2c1[C@]1(O)[C@H](O)[C@H](CN3CCCC(F)(F)C3)[C@@H](c3ccccc3)[C@]1(c1ccc(Br)cc1)O2. The van der Waals surface area contributed by atoms with Crippen molar-refractivity contribution in [1.82, 2.24) is 9.88 Å². The molecule has 0 radical (unpaired) electrons. The zero-order chi connectivity index (χ0) is 27.6. The summed E-state index contributed by atoms with van der Waals surface area (Å²) in [5.41, 5.74) is -1.98. The Morgan fingerprint density at radius 1 is 1.18 bits per heavy atom. The number of aromatic nitrogens is 1. The average molecular weight is 622 g/mol. The van der Waals surface area contributed by atoms with Crippen molar-refractivity contribution >= 4 is 27.5 Å². The number of nitrogens with zero attached hydrogens (tertiary/aromatic N) is 2. The molecular weight excluding hydrogens is 594 g/mol. The molecule has 0 bridgehead atoms. The van der Waals surface area contributed by atoms with E-state index in [1.165, 1.54) is 13.2 Å². The molecule has 206 valence electrons. The lowest BCUT2D eigenvalue weighted by molar-refractivity contribution is -0.153. The van der Waals surface area contributed by atoms with Crippen LogP contribution in [0.25, 0.3) is 0 Å². The highest BCUT2D eigenvalue weighted by molar-refractivity contribution is 9.10. The molecule has 3 aliphatic rings. The lowest BCUT2D eigenvalue weighted by Crippen LogP contribution is -2.52. The third kappa shape index (κ3) is 4.08. The number of benzene rings is 2. The summed E-state index contributed by atoms with van der Waals surface area (Å²) in [5, 5.41) is 25.1. The minimum atomic E-state index is -2.81. The second-order valence-electron chi connectivity index (χ2n) is 10.6.